The predicted octanol–water partition coefficient (Wildman–Crippen LogP) is 4.92. The van der Waals surface area contributed by atoms with Crippen molar-refractivity contribution in [2.24, 2.45) is 0 Å². The molecule has 5 nitrogen and oxygen atoms in total. The molecule has 0 spiro atoms. The average molecular weight is 441 g/mol. The second kappa shape index (κ2) is 8.39. The van der Waals surface area contributed by atoms with Gasteiger partial charge >= 0.3 is 0 Å². The zero-order valence-corrected chi connectivity index (χ0v) is 17.0. The third kappa shape index (κ3) is 5.07. The molecule has 1 aromatic heterocycles. The molecule has 3 aromatic rings. The van der Waals surface area contributed by atoms with Gasteiger partial charge in [0.25, 0.3) is 0 Å². The lowest BCUT2D eigenvalue weighted by Gasteiger charge is -2.04. The number of sulfone groups is 1. The Labute approximate surface area is 170 Å². The first-order chi connectivity index (χ1) is 12.8. The molecule has 0 fully saturated rings. The van der Waals surface area contributed by atoms with Gasteiger partial charge in [0.05, 0.1) is 21.4 Å². The molecule has 2 aromatic carbocycles. The highest BCUT2D eigenvalue weighted by atomic mass is 35.5. The summed E-state index contributed by atoms with van der Waals surface area (Å²) in [5, 5.41) is 5.75. The number of hydrogen-bond donors (Lipinski definition) is 1. The van der Waals surface area contributed by atoms with Gasteiger partial charge < -0.3 is 5.32 Å². The van der Waals surface area contributed by atoms with Gasteiger partial charge in [-0.3, -0.25) is 4.79 Å². The van der Waals surface area contributed by atoms with E-state index in [2.05, 4.69) is 10.3 Å². The summed E-state index contributed by atoms with van der Waals surface area (Å²) >= 11 is 13.4. The van der Waals surface area contributed by atoms with Crippen molar-refractivity contribution in [1.82, 2.24) is 4.98 Å². The summed E-state index contributed by atoms with van der Waals surface area (Å²) in [5.74, 6) is -0.700. The number of carbonyl (C=O) groups is 1. The molecule has 0 unspecified atom stereocenters. The van der Waals surface area contributed by atoms with Crippen LogP contribution >= 0.6 is 34.5 Å². The quantitative estimate of drug-likeness (QED) is 0.589. The summed E-state index contributed by atoms with van der Waals surface area (Å²) in [5.41, 5.74) is 1.24. The van der Waals surface area contributed by atoms with E-state index in [1.54, 1.807) is 41.8 Å². The summed E-state index contributed by atoms with van der Waals surface area (Å²) in [4.78, 5) is 16.6. The minimum Gasteiger partial charge on any atom is -0.302 e. The Balaban J connectivity index is 1.64. The summed E-state index contributed by atoms with van der Waals surface area (Å²) in [7, 11) is -3.51. The van der Waals surface area contributed by atoms with E-state index in [4.69, 9.17) is 23.2 Å². The molecule has 1 amide bonds. The van der Waals surface area contributed by atoms with E-state index >= 15 is 0 Å². The van der Waals surface area contributed by atoms with Gasteiger partial charge in [0, 0.05) is 22.4 Å². The van der Waals surface area contributed by atoms with Crippen LogP contribution in [-0.4, -0.2) is 25.1 Å². The van der Waals surface area contributed by atoms with E-state index in [-0.39, 0.29) is 17.1 Å². The predicted molar refractivity (Wildman–Crippen MR) is 109 cm³/mol. The van der Waals surface area contributed by atoms with Crippen LogP contribution in [0.3, 0.4) is 0 Å². The van der Waals surface area contributed by atoms with Crippen molar-refractivity contribution in [2.45, 2.75) is 11.3 Å². The molecule has 1 heterocycles. The number of nitrogens with zero attached hydrogens (tertiary/aromatic N) is 1. The first-order valence-electron chi connectivity index (χ1n) is 7.84. The van der Waals surface area contributed by atoms with E-state index in [1.165, 1.54) is 23.5 Å². The monoisotopic (exact) mass is 440 g/mol. The van der Waals surface area contributed by atoms with Crippen LogP contribution in [0.4, 0.5) is 5.13 Å². The molecule has 0 aliphatic rings. The number of amides is 1. The molecule has 27 heavy (non-hydrogen) atoms. The van der Waals surface area contributed by atoms with Crippen molar-refractivity contribution in [1.29, 1.82) is 0 Å². The van der Waals surface area contributed by atoms with Gasteiger partial charge in [-0.15, -0.1) is 11.3 Å². The fourth-order valence-corrected chi connectivity index (χ4v) is 4.68. The fraction of sp³-hybridized carbons (Fsp3) is 0.111. The summed E-state index contributed by atoms with van der Waals surface area (Å²) in [6.45, 7) is 0. The van der Waals surface area contributed by atoms with Gasteiger partial charge in [-0.1, -0.05) is 41.4 Å². The number of nitrogens with one attached hydrogen (secondary N) is 1. The topological polar surface area (TPSA) is 76.1 Å². The molecule has 0 radical (unpaired) electrons. The van der Waals surface area contributed by atoms with Gasteiger partial charge in [-0.05, 0) is 30.3 Å². The molecule has 0 saturated heterocycles. The van der Waals surface area contributed by atoms with Crippen LogP contribution in [0.1, 0.15) is 6.42 Å². The van der Waals surface area contributed by atoms with Crippen molar-refractivity contribution in [2.75, 3.05) is 11.1 Å². The first kappa shape index (κ1) is 19.8. The van der Waals surface area contributed by atoms with Crippen molar-refractivity contribution in [3.63, 3.8) is 0 Å². The zero-order valence-electron chi connectivity index (χ0n) is 13.9. The maximum absolute atomic E-state index is 12.2. The smallest absolute Gasteiger partial charge is 0.227 e. The molecule has 0 atom stereocenters. The molecule has 0 aliphatic heterocycles. The highest BCUT2D eigenvalue weighted by Crippen LogP contribution is 2.32. The van der Waals surface area contributed by atoms with E-state index in [9.17, 15) is 13.2 Å². The third-order valence-corrected chi connectivity index (χ3v) is 6.71. The Kier molecular flexibility index (Phi) is 6.16. The second-order valence-electron chi connectivity index (χ2n) is 5.59. The van der Waals surface area contributed by atoms with E-state index in [0.29, 0.717) is 26.4 Å². The average Bonchev–Trinajstić information content (AvgIpc) is 3.11. The molecular formula is C18H14Cl2N2O3S2. The Morgan fingerprint density at radius 3 is 2.59 bits per heavy atom. The van der Waals surface area contributed by atoms with Crippen LogP contribution < -0.4 is 5.32 Å². The van der Waals surface area contributed by atoms with Crippen LogP contribution in [0.25, 0.3) is 11.3 Å². The highest BCUT2D eigenvalue weighted by Gasteiger charge is 2.17. The van der Waals surface area contributed by atoms with Crippen LogP contribution in [0.5, 0.6) is 0 Å². The van der Waals surface area contributed by atoms with E-state index in [1.807, 2.05) is 0 Å². The number of rotatable bonds is 6. The number of benzene rings is 2. The number of carbonyl (C=O) groups excluding carboxylic acids is 1. The maximum Gasteiger partial charge on any atom is 0.227 e. The van der Waals surface area contributed by atoms with Crippen molar-refractivity contribution in [3.8, 4) is 11.3 Å². The highest BCUT2D eigenvalue weighted by molar-refractivity contribution is 7.91. The molecular weight excluding hydrogens is 427 g/mol. The summed E-state index contributed by atoms with van der Waals surface area (Å²) in [6.07, 6.45) is -0.163. The van der Waals surface area contributed by atoms with Crippen molar-refractivity contribution < 1.29 is 13.2 Å². The normalized spacial score (nSPS) is 11.3. The minimum absolute atomic E-state index is 0.163. The van der Waals surface area contributed by atoms with Crippen LogP contribution in [0, 0.1) is 0 Å². The van der Waals surface area contributed by atoms with Crippen molar-refractivity contribution in [3.05, 3.63) is 64.0 Å². The summed E-state index contributed by atoms with van der Waals surface area (Å²) < 4.78 is 24.5. The SMILES string of the molecule is O=C(CCS(=O)(=O)c1ccccc1)Nc1nc(-c2cc(Cl)ccc2Cl)cs1. The Hall–Kier alpha value is -1.93. The van der Waals surface area contributed by atoms with Gasteiger partial charge in [-0.2, -0.15) is 0 Å². The Bertz CT molecular complexity index is 1070. The summed E-state index contributed by atoms with van der Waals surface area (Å²) in [6, 6.07) is 13.1. The molecule has 0 saturated carbocycles. The number of aromatic nitrogens is 1. The van der Waals surface area contributed by atoms with Gasteiger partial charge in [0.1, 0.15) is 0 Å². The maximum atomic E-state index is 12.2. The van der Waals surface area contributed by atoms with Crippen LogP contribution in [-0.2, 0) is 14.6 Å². The number of hydrogen-bond acceptors (Lipinski definition) is 5. The zero-order chi connectivity index (χ0) is 19.4. The van der Waals surface area contributed by atoms with Gasteiger partial charge in [0.2, 0.25) is 5.91 Å². The lowest BCUT2D eigenvalue weighted by Crippen LogP contribution is -2.17. The lowest BCUT2D eigenvalue weighted by atomic mass is 10.2. The van der Waals surface area contributed by atoms with E-state index < -0.39 is 15.7 Å². The number of halogens is 2. The Morgan fingerprint density at radius 2 is 1.85 bits per heavy atom. The molecule has 3 rings (SSSR count). The Morgan fingerprint density at radius 1 is 1.11 bits per heavy atom. The molecule has 0 aliphatic carbocycles. The standard InChI is InChI=1S/C18H14Cl2N2O3S2/c19-12-6-7-15(20)14(10-12)16-11-26-18(21-16)22-17(23)8-9-27(24,25)13-4-2-1-3-5-13/h1-7,10-11H,8-9H2,(H,21,22,23). The molecule has 140 valence electrons. The first-order valence-corrected chi connectivity index (χ1v) is 11.1. The molecule has 0 bridgehead atoms. The molecule has 1 N–H and O–H groups in total. The minimum atomic E-state index is -3.51. The van der Waals surface area contributed by atoms with Gasteiger partial charge in [0.15, 0.2) is 15.0 Å². The number of anilines is 1. The van der Waals surface area contributed by atoms with Gasteiger partial charge in [-0.25, -0.2) is 13.4 Å². The van der Waals surface area contributed by atoms with Crippen LogP contribution in [0.15, 0.2) is 58.8 Å². The molecule has 9 heteroatoms. The van der Waals surface area contributed by atoms with E-state index in [0.717, 1.165) is 0 Å². The third-order valence-electron chi connectivity index (χ3n) is 3.66. The lowest BCUT2D eigenvalue weighted by molar-refractivity contribution is -0.115. The number of thiazole rings is 1. The van der Waals surface area contributed by atoms with Crippen LogP contribution in [0.2, 0.25) is 10.0 Å². The fourth-order valence-electron chi connectivity index (χ4n) is 2.30. The van der Waals surface area contributed by atoms with Crippen molar-refractivity contribution >= 4 is 55.4 Å². The largest absolute Gasteiger partial charge is 0.302 e. The second-order valence-corrected chi connectivity index (χ2v) is 9.40.